The number of carbonyl (C=O) groups excluding carboxylic acids is 2. The van der Waals surface area contributed by atoms with Gasteiger partial charge in [0.15, 0.2) is 9.84 Å². The van der Waals surface area contributed by atoms with Crippen LogP contribution < -0.4 is 10.2 Å². The Morgan fingerprint density at radius 3 is 2.00 bits per heavy atom. The zero-order chi connectivity index (χ0) is 26.3. The summed E-state index contributed by atoms with van der Waals surface area (Å²) in [7, 11) is -7.55. The second kappa shape index (κ2) is 11.8. The van der Waals surface area contributed by atoms with Crippen molar-refractivity contribution < 1.29 is 41.1 Å². The first-order valence-electron chi connectivity index (χ1n) is 10.9. The molecular weight excluding hydrogens is 514 g/mol. The van der Waals surface area contributed by atoms with Crippen LogP contribution in [0, 0.1) is 0 Å². The smallest absolute Gasteiger partial charge is 0.258 e. The molecule has 2 aromatic carbocycles. The fourth-order valence-electron chi connectivity index (χ4n) is 3.39. The highest BCUT2D eigenvalue weighted by Crippen LogP contribution is 2.25. The molecule has 0 aromatic heterocycles. The molecule has 196 valence electrons. The van der Waals surface area contributed by atoms with Crippen LogP contribution in [0.1, 0.15) is 6.42 Å². The summed E-state index contributed by atoms with van der Waals surface area (Å²) < 4.78 is 61.2. The van der Waals surface area contributed by atoms with Crippen LogP contribution in [0.4, 0.5) is 0 Å². The average Bonchev–Trinajstić information content (AvgIpc) is 2.86. The van der Waals surface area contributed by atoms with Crippen LogP contribution in [0.3, 0.4) is 0 Å². The molecule has 0 saturated carbocycles. The molecule has 12 nitrogen and oxygen atoms in total. The van der Waals surface area contributed by atoms with Gasteiger partial charge < -0.3 is 14.4 Å². The average molecular weight is 542 g/mol. The van der Waals surface area contributed by atoms with Gasteiger partial charge in [0.2, 0.25) is 15.9 Å². The van der Waals surface area contributed by atoms with Gasteiger partial charge in [0.05, 0.1) is 29.5 Å². The van der Waals surface area contributed by atoms with Crippen LogP contribution in [0.5, 0.6) is 11.5 Å². The third-order valence-corrected chi connectivity index (χ3v) is 8.32. The second-order valence-corrected chi connectivity index (χ2v) is 11.9. The van der Waals surface area contributed by atoms with Crippen molar-refractivity contribution in [3.63, 3.8) is 0 Å². The number of hydrogen-bond acceptors (Lipinski definition) is 9. The molecule has 1 saturated heterocycles. The summed E-state index contributed by atoms with van der Waals surface area (Å²) in [6.45, 7) is 0.660. The van der Waals surface area contributed by atoms with Gasteiger partial charge in [0.25, 0.3) is 5.91 Å². The standard InChI is InChI=1S/C22H27N3O9S2/c1-35(29,30)19-6-2-17(3-7-19)34-18-4-8-20(9-5-18)36(31,32)25(16-21(26)23-28)11-10-22(27)24-12-14-33-15-13-24/h2-9,28H,10-16H2,1H3,(H,23,26). The Morgan fingerprint density at radius 2 is 1.50 bits per heavy atom. The third-order valence-electron chi connectivity index (χ3n) is 5.33. The van der Waals surface area contributed by atoms with Gasteiger partial charge in [-0.2, -0.15) is 4.31 Å². The highest BCUT2D eigenvalue weighted by molar-refractivity contribution is 7.90. The lowest BCUT2D eigenvalue weighted by molar-refractivity contribution is -0.136. The predicted octanol–water partition coefficient (Wildman–Crippen LogP) is 0.627. The van der Waals surface area contributed by atoms with E-state index in [-0.39, 0.29) is 28.7 Å². The van der Waals surface area contributed by atoms with Crippen molar-refractivity contribution in [3.05, 3.63) is 48.5 Å². The summed E-state index contributed by atoms with van der Waals surface area (Å²) >= 11 is 0. The van der Waals surface area contributed by atoms with Crippen molar-refractivity contribution in [2.75, 3.05) is 45.6 Å². The van der Waals surface area contributed by atoms with Gasteiger partial charge in [-0.1, -0.05) is 0 Å². The molecule has 2 N–H and O–H groups in total. The zero-order valence-electron chi connectivity index (χ0n) is 19.5. The summed E-state index contributed by atoms with van der Waals surface area (Å²) in [5, 5.41) is 8.88. The quantitative estimate of drug-likeness (QED) is 0.325. The Labute approximate surface area is 209 Å². The van der Waals surface area contributed by atoms with Gasteiger partial charge >= 0.3 is 0 Å². The lowest BCUT2D eigenvalue weighted by atomic mass is 10.3. The SMILES string of the molecule is CS(=O)(=O)c1ccc(Oc2ccc(S(=O)(=O)N(CCC(=O)N3CCOCC3)CC(=O)NO)cc2)cc1. The predicted molar refractivity (Wildman–Crippen MR) is 127 cm³/mol. The summed E-state index contributed by atoms with van der Waals surface area (Å²) in [6, 6.07) is 11.1. The number of carbonyl (C=O) groups is 2. The van der Waals surface area contributed by atoms with E-state index in [2.05, 4.69) is 0 Å². The Hall–Kier alpha value is -3.04. The van der Waals surface area contributed by atoms with E-state index in [0.29, 0.717) is 37.8 Å². The summed E-state index contributed by atoms with van der Waals surface area (Å²) in [5.41, 5.74) is 1.41. The Bertz CT molecular complexity index is 1270. The van der Waals surface area contributed by atoms with E-state index in [9.17, 15) is 26.4 Å². The fourth-order valence-corrected chi connectivity index (χ4v) is 5.42. The lowest BCUT2D eigenvalue weighted by Gasteiger charge is -2.28. The van der Waals surface area contributed by atoms with Crippen molar-refractivity contribution >= 4 is 31.7 Å². The third kappa shape index (κ3) is 7.24. The maximum atomic E-state index is 13.2. The van der Waals surface area contributed by atoms with E-state index in [0.717, 1.165) is 10.6 Å². The molecule has 1 aliphatic heterocycles. The van der Waals surface area contributed by atoms with Crippen LogP contribution in [0.15, 0.2) is 58.3 Å². The van der Waals surface area contributed by atoms with E-state index in [1.54, 1.807) is 4.90 Å². The first-order chi connectivity index (χ1) is 17.0. The first-order valence-corrected chi connectivity index (χ1v) is 14.2. The normalized spacial score (nSPS) is 14.5. The molecule has 3 rings (SSSR count). The van der Waals surface area contributed by atoms with Crippen molar-refractivity contribution in [1.82, 2.24) is 14.7 Å². The molecule has 0 spiro atoms. The molecule has 0 unspecified atom stereocenters. The van der Waals surface area contributed by atoms with Gasteiger partial charge in [0.1, 0.15) is 11.5 Å². The minimum absolute atomic E-state index is 0.135. The Kier molecular flexibility index (Phi) is 9.03. The Morgan fingerprint density at radius 1 is 0.972 bits per heavy atom. The van der Waals surface area contributed by atoms with E-state index in [1.807, 2.05) is 0 Å². The van der Waals surface area contributed by atoms with Crippen molar-refractivity contribution in [1.29, 1.82) is 0 Å². The number of benzene rings is 2. The number of nitrogens with one attached hydrogen (secondary N) is 1. The minimum Gasteiger partial charge on any atom is -0.457 e. The molecule has 1 heterocycles. The largest absolute Gasteiger partial charge is 0.457 e. The van der Waals surface area contributed by atoms with Crippen molar-refractivity contribution in [2.24, 2.45) is 0 Å². The second-order valence-electron chi connectivity index (χ2n) is 7.93. The number of sulfonamides is 1. The molecule has 14 heteroatoms. The Balaban J connectivity index is 1.72. The van der Waals surface area contributed by atoms with Gasteiger partial charge in [-0.3, -0.25) is 14.8 Å². The molecule has 0 bridgehead atoms. The molecule has 1 aliphatic rings. The molecule has 0 aliphatic carbocycles. The van der Waals surface area contributed by atoms with Crippen molar-refractivity contribution in [2.45, 2.75) is 16.2 Å². The maximum absolute atomic E-state index is 13.2. The number of amides is 2. The monoisotopic (exact) mass is 541 g/mol. The van der Waals surface area contributed by atoms with Crippen LogP contribution in [-0.2, 0) is 34.2 Å². The first kappa shape index (κ1) is 27.5. The van der Waals surface area contributed by atoms with Gasteiger partial charge in [0, 0.05) is 32.3 Å². The molecule has 1 fully saturated rings. The number of rotatable bonds is 10. The number of hydroxylamine groups is 1. The number of sulfone groups is 1. The highest BCUT2D eigenvalue weighted by Gasteiger charge is 2.28. The van der Waals surface area contributed by atoms with E-state index >= 15 is 0 Å². The summed E-state index contributed by atoms with van der Waals surface area (Å²) in [6.07, 6.45) is 0.941. The minimum atomic E-state index is -4.20. The van der Waals surface area contributed by atoms with Crippen LogP contribution in [0.25, 0.3) is 0 Å². The maximum Gasteiger partial charge on any atom is 0.258 e. The van der Waals surface area contributed by atoms with Gasteiger partial charge in [-0.05, 0) is 48.5 Å². The van der Waals surface area contributed by atoms with Crippen LogP contribution in [0.2, 0.25) is 0 Å². The number of nitrogens with zero attached hydrogens (tertiary/aromatic N) is 2. The number of morpholine rings is 1. The summed E-state index contributed by atoms with van der Waals surface area (Å²) in [4.78, 5) is 25.8. The van der Waals surface area contributed by atoms with E-state index < -0.39 is 32.3 Å². The van der Waals surface area contributed by atoms with Crippen LogP contribution in [-0.4, -0.2) is 88.7 Å². The highest BCUT2D eigenvalue weighted by atomic mass is 32.2. The summed E-state index contributed by atoms with van der Waals surface area (Å²) in [5.74, 6) is -0.576. The molecule has 0 atom stereocenters. The van der Waals surface area contributed by atoms with Crippen molar-refractivity contribution in [3.8, 4) is 11.5 Å². The van der Waals surface area contributed by atoms with E-state index in [1.165, 1.54) is 54.0 Å². The van der Waals surface area contributed by atoms with Crippen LogP contribution >= 0.6 is 0 Å². The topological polar surface area (TPSA) is 160 Å². The fraction of sp³-hybridized carbons (Fsp3) is 0.364. The molecule has 2 amide bonds. The number of hydrogen-bond donors (Lipinski definition) is 2. The van der Waals surface area contributed by atoms with Gasteiger partial charge in [-0.25, -0.2) is 22.3 Å². The molecule has 36 heavy (non-hydrogen) atoms. The zero-order valence-corrected chi connectivity index (χ0v) is 21.1. The lowest BCUT2D eigenvalue weighted by Crippen LogP contribution is -2.44. The van der Waals surface area contributed by atoms with E-state index in [4.69, 9.17) is 14.7 Å². The molecular formula is C22H27N3O9S2. The molecule has 2 aromatic rings. The number of ether oxygens (including phenoxy) is 2. The molecule has 0 radical (unpaired) electrons. The van der Waals surface area contributed by atoms with Gasteiger partial charge in [-0.15, -0.1) is 0 Å².